The molecule has 1 aliphatic heterocycles. The van der Waals surface area contributed by atoms with E-state index in [4.69, 9.17) is 4.74 Å². The number of carbonyl (C=O) groups excluding carboxylic acids is 1. The number of sulfonamides is 1. The number of ether oxygens (including phenoxy) is 1. The average molecular weight is 423 g/mol. The molecule has 2 aromatic carbocycles. The zero-order valence-corrected chi connectivity index (χ0v) is 17.0. The molecule has 1 saturated heterocycles. The smallest absolute Gasteiger partial charge is 0.275 e. The van der Waals surface area contributed by atoms with Gasteiger partial charge < -0.3 is 15.0 Å². The number of carbonyl (C=O) groups is 1. The van der Waals surface area contributed by atoms with Crippen molar-refractivity contribution in [2.24, 2.45) is 0 Å². The maximum absolute atomic E-state index is 13.0. The summed E-state index contributed by atoms with van der Waals surface area (Å²) >= 11 is 0. The first-order valence-corrected chi connectivity index (χ1v) is 10.8. The van der Waals surface area contributed by atoms with Gasteiger partial charge in [-0.25, -0.2) is 12.8 Å². The van der Waals surface area contributed by atoms with Gasteiger partial charge >= 0.3 is 0 Å². The van der Waals surface area contributed by atoms with Gasteiger partial charge in [0.1, 0.15) is 11.6 Å². The molecule has 9 heteroatoms. The average Bonchev–Trinajstić information content (AvgIpc) is 2.73. The Kier molecular flexibility index (Phi) is 6.83. The number of amides is 1. The first-order chi connectivity index (χ1) is 13.9. The summed E-state index contributed by atoms with van der Waals surface area (Å²) in [6.45, 7) is 2.34. The van der Waals surface area contributed by atoms with Crippen molar-refractivity contribution in [1.82, 2.24) is 9.62 Å². The lowest BCUT2D eigenvalue weighted by atomic mass is 10.2. The maximum Gasteiger partial charge on any atom is 0.275 e. The van der Waals surface area contributed by atoms with Gasteiger partial charge in [-0.2, -0.15) is 4.31 Å². The highest BCUT2D eigenvalue weighted by Crippen LogP contribution is 2.17. The van der Waals surface area contributed by atoms with E-state index in [9.17, 15) is 17.6 Å². The van der Waals surface area contributed by atoms with E-state index in [1.165, 1.54) is 16.4 Å². The van der Waals surface area contributed by atoms with E-state index in [-0.39, 0.29) is 17.3 Å². The lowest BCUT2D eigenvalue weighted by molar-refractivity contribution is -0.895. The van der Waals surface area contributed by atoms with E-state index in [0.717, 1.165) is 28.3 Å². The van der Waals surface area contributed by atoms with Gasteiger partial charge in [-0.05, 0) is 30.3 Å². The van der Waals surface area contributed by atoms with Crippen molar-refractivity contribution in [3.05, 3.63) is 59.9 Å². The Balaban J connectivity index is 1.49. The highest BCUT2D eigenvalue weighted by Gasteiger charge is 2.31. The highest BCUT2D eigenvalue weighted by molar-refractivity contribution is 7.89. The Morgan fingerprint density at radius 3 is 2.45 bits per heavy atom. The summed E-state index contributed by atoms with van der Waals surface area (Å²) < 4.78 is 45.0. The van der Waals surface area contributed by atoms with Crippen LogP contribution in [-0.4, -0.2) is 58.5 Å². The summed E-state index contributed by atoms with van der Waals surface area (Å²) in [4.78, 5) is 13.4. The van der Waals surface area contributed by atoms with Crippen LogP contribution in [0, 0.1) is 5.82 Å². The molecule has 29 heavy (non-hydrogen) atoms. The molecule has 0 saturated carbocycles. The molecule has 3 rings (SSSR count). The molecule has 0 aliphatic carbocycles. The quantitative estimate of drug-likeness (QED) is 0.660. The Labute approximate surface area is 170 Å². The fourth-order valence-electron chi connectivity index (χ4n) is 3.31. The second-order valence-electron chi connectivity index (χ2n) is 6.87. The van der Waals surface area contributed by atoms with Crippen LogP contribution in [0.25, 0.3) is 0 Å². The number of hydrogen-bond donors (Lipinski definition) is 2. The summed E-state index contributed by atoms with van der Waals surface area (Å²) in [7, 11) is -2.06. The molecule has 0 bridgehead atoms. The zero-order valence-electron chi connectivity index (χ0n) is 16.2. The van der Waals surface area contributed by atoms with Crippen LogP contribution in [-0.2, 0) is 21.4 Å². The van der Waals surface area contributed by atoms with Crippen molar-refractivity contribution in [2.45, 2.75) is 11.4 Å². The molecular formula is C20H25FN3O4S+. The van der Waals surface area contributed by atoms with Crippen molar-refractivity contribution in [2.75, 3.05) is 39.8 Å². The lowest BCUT2D eigenvalue weighted by Gasteiger charge is -2.31. The normalized spacial score (nSPS) is 15.8. The van der Waals surface area contributed by atoms with Crippen molar-refractivity contribution in [1.29, 1.82) is 0 Å². The fraction of sp³-hybridized carbons (Fsp3) is 0.350. The number of para-hydroxylation sites is 1. The number of halogens is 1. The van der Waals surface area contributed by atoms with Crippen molar-refractivity contribution in [3.8, 4) is 5.75 Å². The van der Waals surface area contributed by atoms with Crippen molar-refractivity contribution < 1.29 is 27.2 Å². The Hall–Kier alpha value is -2.49. The molecule has 2 aromatic rings. The third kappa shape index (κ3) is 5.31. The monoisotopic (exact) mass is 422 g/mol. The molecule has 7 nitrogen and oxygen atoms in total. The second kappa shape index (κ2) is 9.34. The van der Waals surface area contributed by atoms with E-state index >= 15 is 0 Å². The van der Waals surface area contributed by atoms with E-state index in [1.807, 2.05) is 24.3 Å². The van der Waals surface area contributed by atoms with Crippen molar-refractivity contribution >= 4 is 15.9 Å². The molecule has 0 atom stereocenters. The molecular weight excluding hydrogens is 397 g/mol. The molecule has 1 amide bonds. The Bertz CT molecular complexity index is 942. The summed E-state index contributed by atoms with van der Waals surface area (Å²) in [5, 5.41) is 2.89. The molecule has 0 spiro atoms. The van der Waals surface area contributed by atoms with Gasteiger partial charge in [0.25, 0.3) is 5.91 Å². The van der Waals surface area contributed by atoms with E-state index in [0.29, 0.717) is 32.7 Å². The molecule has 1 aliphatic rings. The van der Waals surface area contributed by atoms with Gasteiger partial charge in [0.05, 0.1) is 38.2 Å². The molecule has 156 valence electrons. The molecule has 2 N–H and O–H groups in total. The first kappa shape index (κ1) is 21.2. The fourth-order valence-corrected chi connectivity index (χ4v) is 4.75. The van der Waals surface area contributed by atoms with E-state index in [2.05, 4.69) is 5.32 Å². The van der Waals surface area contributed by atoms with Gasteiger partial charge in [-0.3, -0.25) is 4.79 Å². The standard InChI is InChI=1S/C20H24FN3O4S/c1-28-19-5-3-2-4-16(19)14-22-20(25)15-23-10-12-24(13-11-23)29(26,27)18-8-6-17(21)7-9-18/h2-9H,10-15H2,1H3,(H,22,25)/p+1. The second-order valence-corrected chi connectivity index (χ2v) is 8.81. The predicted molar refractivity (Wildman–Crippen MR) is 106 cm³/mol. The summed E-state index contributed by atoms with van der Waals surface area (Å²) in [5.74, 6) is 0.151. The summed E-state index contributed by atoms with van der Waals surface area (Å²) in [5.41, 5.74) is 0.897. The number of hydrogen-bond acceptors (Lipinski definition) is 4. The van der Waals surface area contributed by atoms with Crippen LogP contribution in [0.1, 0.15) is 5.56 Å². The topological polar surface area (TPSA) is 80.2 Å². The first-order valence-electron chi connectivity index (χ1n) is 9.38. The molecule has 0 aromatic heterocycles. The van der Waals surface area contributed by atoms with E-state index in [1.54, 1.807) is 7.11 Å². The largest absolute Gasteiger partial charge is 0.496 e. The summed E-state index contributed by atoms with van der Waals surface area (Å²) in [6.07, 6.45) is 0. The van der Waals surface area contributed by atoms with Gasteiger partial charge in [0.15, 0.2) is 6.54 Å². The SMILES string of the molecule is COc1ccccc1CNC(=O)C[NH+]1CCN(S(=O)(=O)c2ccc(F)cc2)CC1. The minimum atomic E-state index is -3.65. The number of nitrogens with one attached hydrogen (secondary N) is 2. The van der Waals surface area contributed by atoms with Gasteiger partial charge in [-0.1, -0.05) is 18.2 Å². The summed E-state index contributed by atoms with van der Waals surface area (Å²) in [6, 6.07) is 12.3. The van der Waals surface area contributed by atoms with Crippen LogP contribution in [0.15, 0.2) is 53.4 Å². The Morgan fingerprint density at radius 1 is 1.14 bits per heavy atom. The van der Waals surface area contributed by atoms with Gasteiger partial charge in [0.2, 0.25) is 10.0 Å². The molecule has 1 fully saturated rings. The van der Waals surface area contributed by atoms with Crippen LogP contribution in [0.3, 0.4) is 0 Å². The number of benzene rings is 2. The Morgan fingerprint density at radius 2 is 1.79 bits per heavy atom. The van der Waals surface area contributed by atoms with Crippen LogP contribution in [0.5, 0.6) is 5.75 Å². The van der Waals surface area contributed by atoms with Crippen LogP contribution in [0.2, 0.25) is 0 Å². The third-order valence-electron chi connectivity index (χ3n) is 4.96. The molecule has 0 unspecified atom stereocenters. The third-order valence-corrected chi connectivity index (χ3v) is 6.87. The number of piperazine rings is 1. The minimum Gasteiger partial charge on any atom is -0.496 e. The predicted octanol–water partition coefficient (Wildman–Crippen LogP) is 0.0399. The highest BCUT2D eigenvalue weighted by atomic mass is 32.2. The zero-order chi connectivity index (χ0) is 20.9. The minimum absolute atomic E-state index is 0.0805. The van der Waals surface area contributed by atoms with Crippen LogP contribution >= 0.6 is 0 Å². The van der Waals surface area contributed by atoms with Crippen LogP contribution in [0.4, 0.5) is 4.39 Å². The van der Waals surface area contributed by atoms with Gasteiger partial charge in [0, 0.05) is 12.1 Å². The molecule has 0 radical (unpaired) electrons. The van der Waals surface area contributed by atoms with E-state index < -0.39 is 15.8 Å². The number of rotatable bonds is 7. The van der Waals surface area contributed by atoms with Gasteiger partial charge in [-0.15, -0.1) is 0 Å². The number of nitrogens with zero attached hydrogens (tertiary/aromatic N) is 1. The number of methoxy groups -OCH3 is 1. The van der Waals surface area contributed by atoms with Crippen LogP contribution < -0.4 is 15.0 Å². The lowest BCUT2D eigenvalue weighted by Crippen LogP contribution is -3.15. The maximum atomic E-state index is 13.0. The molecule has 1 heterocycles. The number of quaternary nitrogens is 1. The van der Waals surface area contributed by atoms with Crippen molar-refractivity contribution in [3.63, 3.8) is 0 Å².